The summed E-state index contributed by atoms with van der Waals surface area (Å²) in [6.07, 6.45) is 13.4. The molecule has 9 nitrogen and oxygen atoms in total. The van der Waals surface area contributed by atoms with E-state index in [1.54, 1.807) is 20.0 Å². The lowest BCUT2D eigenvalue weighted by Gasteiger charge is -2.39. The van der Waals surface area contributed by atoms with Crippen molar-refractivity contribution in [1.29, 1.82) is 0 Å². The molecule has 0 aliphatic carbocycles. The number of carbonyl (C=O) groups excluding carboxylic acids is 3. The van der Waals surface area contributed by atoms with Crippen LogP contribution in [0.1, 0.15) is 80.1 Å². The molecular formula is C31H49N3O6. The Morgan fingerprint density at radius 1 is 1.07 bits per heavy atom. The number of epoxide rings is 1. The minimum Gasteiger partial charge on any atom is -0.373 e. The molecule has 3 heterocycles. The van der Waals surface area contributed by atoms with Gasteiger partial charge < -0.3 is 24.3 Å². The van der Waals surface area contributed by atoms with Crippen LogP contribution in [0.4, 0.5) is 0 Å². The Hall–Kier alpha value is -2.33. The average molecular weight is 560 g/mol. The fourth-order valence-corrected chi connectivity index (χ4v) is 5.88. The molecule has 0 bridgehead atoms. The minimum atomic E-state index is -0.189. The first-order valence-electron chi connectivity index (χ1n) is 14.7. The van der Waals surface area contributed by atoms with Crippen molar-refractivity contribution in [1.82, 2.24) is 16.2 Å². The molecule has 2 amide bonds. The van der Waals surface area contributed by atoms with Crippen LogP contribution >= 0.6 is 0 Å². The maximum Gasteiger partial charge on any atom is 0.243 e. The summed E-state index contributed by atoms with van der Waals surface area (Å²) < 4.78 is 18.5. The molecule has 3 fully saturated rings. The molecule has 3 aliphatic rings. The highest BCUT2D eigenvalue weighted by atomic mass is 16.6. The smallest absolute Gasteiger partial charge is 0.243 e. The van der Waals surface area contributed by atoms with E-state index in [0.29, 0.717) is 12.8 Å². The largest absolute Gasteiger partial charge is 0.373 e. The summed E-state index contributed by atoms with van der Waals surface area (Å²) in [4.78, 5) is 35.7. The molecule has 9 atom stereocenters. The second-order valence-electron chi connectivity index (χ2n) is 12.0. The van der Waals surface area contributed by atoms with E-state index < -0.39 is 0 Å². The van der Waals surface area contributed by atoms with Crippen molar-refractivity contribution in [2.45, 2.75) is 122 Å². The van der Waals surface area contributed by atoms with Crippen LogP contribution in [-0.2, 0) is 28.6 Å². The van der Waals surface area contributed by atoms with E-state index in [0.717, 1.165) is 31.3 Å². The van der Waals surface area contributed by atoms with E-state index in [2.05, 4.69) is 55.2 Å². The molecule has 1 spiro atoms. The number of hydrogen-bond donors (Lipinski definition) is 3. The molecule has 0 saturated carbocycles. The molecule has 3 N–H and O–H groups in total. The second kappa shape index (κ2) is 14.5. The Kier molecular flexibility index (Phi) is 11.7. The zero-order valence-electron chi connectivity index (χ0n) is 25.2. The van der Waals surface area contributed by atoms with E-state index in [4.69, 9.17) is 14.2 Å². The summed E-state index contributed by atoms with van der Waals surface area (Å²) in [6, 6.07) is -0.0533. The third-order valence-corrected chi connectivity index (χ3v) is 8.24. The van der Waals surface area contributed by atoms with Crippen LogP contribution in [0.15, 0.2) is 36.0 Å². The van der Waals surface area contributed by atoms with Gasteiger partial charge in [0.25, 0.3) is 0 Å². The maximum atomic E-state index is 12.4. The molecule has 3 aliphatic heterocycles. The molecular weight excluding hydrogens is 510 g/mol. The quantitative estimate of drug-likeness (QED) is 0.144. The molecule has 1 unspecified atom stereocenters. The van der Waals surface area contributed by atoms with E-state index in [9.17, 15) is 14.4 Å². The van der Waals surface area contributed by atoms with Crippen LogP contribution < -0.4 is 16.2 Å². The van der Waals surface area contributed by atoms with Gasteiger partial charge in [0.05, 0.1) is 48.6 Å². The standard InChI is InChI=1S/C31H49N3O6/c1-19(8-11-25-17-31(24(6)40-31)18-26(39-25)16-30(37)34-32-7)9-12-28-21(3)15-27(23(5)38-28)33-29(36)13-10-20(2)14-22(4)35/h8-11,13,20-21,23-28,32H,12,14-18H2,1-7H3,(H,33,36)(H,34,37)/b11-8+,13-10-,19-9+/t20-,21-,23+,24+,25+,26+,27?,28-,31+/m0/s1. The topological polar surface area (TPSA) is 118 Å². The first-order chi connectivity index (χ1) is 18.9. The van der Waals surface area contributed by atoms with Gasteiger partial charge in [-0.3, -0.25) is 15.0 Å². The van der Waals surface area contributed by atoms with Gasteiger partial charge in [0.15, 0.2) is 0 Å². The summed E-state index contributed by atoms with van der Waals surface area (Å²) in [5, 5.41) is 3.07. The zero-order valence-corrected chi connectivity index (χ0v) is 25.2. The Balaban J connectivity index is 1.49. The number of hydrazine groups is 1. The van der Waals surface area contributed by atoms with Crippen LogP contribution in [-0.4, -0.2) is 66.8 Å². The van der Waals surface area contributed by atoms with Crippen molar-refractivity contribution in [3.05, 3.63) is 36.0 Å². The van der Waals surface area contributed by atoms with Gasteiger partial charge >= 0.3 is 0 Å². The van der Waals surface area contributed by atoms with Crippen LogP contribution in [0.3, 0.4) is 0 Å². The summed E-state index contributed by atoms with van der Waals surface area (Å²) in [5.74, 6) is 0.201. The predicted octanol–water partition coefficient (Wildman–Crippen LogP) is 3.69. The third-order valence-electron chi connectivity index (χ3n) is 8.24. The molecule has 3 saturated heterocycles. The number of amides is 2. The van der Waals surface area contributed by atoms with Crippen molar-refractivity contribution in [3.63, 3.8) is 0 Å². The fraction of sp³-hybridized carbons (Fsp3) is 0.710. The predicted molar refractivity (Wildman–Crippen MR) is 154 cm³/mol. The number of Topliss-reactive ketones (excluding diaryl/α,β-unsaturated/α-hetero) is 1. The van der Waals surface area contributed by atoms with Crippen LogP contribution in [0.2, 0.25) is 0 Å². The van der Waals surface area contributed by atoms with Gasteiger partial charge in [-0.2, -0.15) is 0 Å². The number of ether oxygens (including phenoxy) is 3. The highest BCUT2D eigenvalue weighted by molar-refractivity contribution is 5.88. The van der Waals surface area contributed by atoms with Crippen molar-refractivity contribution in [2.24, 2.45) is 11.8 Å². The molecule has 9 heteroatoms. The van der Waals surface area contributed by atoms with E-state index >= 15 is 0 Å². The van der Waals surface area contributed by atoms with Crippen molar-refractivity contribution in [3.8, 4) is 0 Å². The summed E-state index contributed by atoms with van der Waals surface area (Å²) in [7, 11) is 1.67. The first-order valence-corrected chi connectivity index (χ1v) is 14.7. The Morgan fingerprint density at radius 3 is 2.45 bits per heavy atom. The molecule has 0 aromatic rings. The number of rotatable bonds is 12. The van der Waals surface area contributed by atoms with Gasteiger partial charge in [-0.25, -0.2) is 5.43 Å². The molecule has 3 rings (SSSR count). The minimum absolute atomic E-state index is 0.0401. The summed E-state index contributed by atoms with van der Waals surface area (Å²) in [5.41, 5.74) is 6.23. The van der Waals surface area contributed by atoms with Crippen molar-refractivity contribution in [2.75, 3.05) is 7.05 Å². The Morgan fingerprint density at radius 2 is 1.80 bits per heavy atom. The van der Waals surface area contributed by atoms with Gasteiger partial charge in [0.2, 0.25) is 11.8 Å². The Labute approximate surface area is 239 Å². The van der Waals surface area contributed by atoms with Crippen molar-refractivity contribution >= 4 is 17.6 Å². The van der Waals surface area contributed by atoms with Gasteiger partial charge in [0.1, 0.15) is 5.78 Å². The fourth-order valence-electron chi connectivity index (χ4n) is 5.88. The van der Waals surface area contributed by atoms with Crippen molar-refractivity contribution < 1.29 is 28.6 Å². The lowest BCUT2D eigenvalue weighted by Crippen LogP contribution is -2.50. The zero-order chi connectivity index (χ0) is 29.4. The summed E-state index contributed by atoms with van der Waals surface area (Å²) >= 11 is 0. The lowest BCUT2D eigenvalue weighted by atomic mass is 9.87. The first kappa shape index (κ1) is 32.2. The number of ketones is 1. The van der Waals surface area contributed by atoms with Gasteiger partial charge in [-0.15, -0.1) is 0 Å². The van der Waals surface area contributed by atoms with Crippen LogP contribution in [0.25, 0.3) is 0 Å². The van der Waals surface area contributed by atoms with Crippen LogP contribution in [0, 0.1) is 11.8 Å². The highest BCUT2D eigenvalue weighted by Gasteiger charge is 2.57. The van der Waals surface area contributed by atoms with Gasteiger partial charge in [0, 0.05) is 26.3 Å². The van der Waals surface area contributed by atoms with Gasteiger partial charge in [-0.1, -0.05) is 43.7 Å². The van der Waals surface area contributed by atoms with E-state index in [-0.39, 0.29) is 71.6 Å². The molecule has 224 valence electrons. The molecule has 0 radical (unpaired) electrons. The normalized spacial score (nSPS) is 35.2. The number of allylic oxidation sites excluding steroid dienone is 3. The summed E-state index contributed by atoms with van der Waals surface area (Å²) in [6.45, 7) is 11.8. The molecule has 40 heavy (non-hydrogen) atoms. The monoisotopic (exact) mass is 559 g/mol. The molecule has 0 aromatic carbocycles. The number of hydrogen-bond acceptors (Lipinski definition) is 7. The molecule has 0 aromatic heterocycles. The number of nitrogens with one attached hydrogen (secondary N) is 3. The third kappa shape index (κ3) is 9.65. The Bertz CT molecular complexity index is 994. The van der Waals surface area contributed by atoms with Crippen LogP contribution in [0.5, 0.6) is 0 Å². The SMILES string of the molecule is CNNC(=O)C[C@@H]1C[C@@]2(C[C@@H](/C=C/C(C)=C/C[C@@H]3O[C@H](C)C(NC(=O)/C=C\[C@H](C)CC(C)=O)C[C@@H]3C)O1)O[C@@H]2C. The van der Waals surface area contributed by atoms with Gasteiger partial charge in [-0.05, 0) is 58.4 Å². The second-order valence-corrected chi connectivity index (χ2v) is 12.0. The van der Waals surface area contributed by atoms with E-state index in [1.165, 1.54) is 6.08 Å². The maximum absolute atomic E-state index is 12.4. The lowest BCUT2D eigenvalue weighted by molar-refractivity contribution is -0.128. The van der Waals surface area contributed by atoms with E-state index in [1.807, 2.05) is 13.8 Å². The average Bonchev–Trinajstić information content (AvgIpc) is 3.48. The number of carbonyl (C=O) groups is 3. The highest BCUT2D eigenvalue weighted by Crippen LogP contribution is 2.48.